The lowest BCUT2D eigenvalue weighted by Gasteiger charge is -2.34. The van der Waals surface area contributed by atoms with Crippen molar-refractivity contribution in [2.45, 2.75) is 46.1 Å². The molecule has 0 aromatic carbocycles. The van der Waals surface area contributed by atoms with Gasteiger partial charge in [-0.2, -0.15) is 0 Å². The highest BCUT2D eigenvalue weighted by Gasteiger charge is 2.30. The van der Waals surface area contributed by atoms with Crippen LogP contribution in [-0.4, -0.2) is 46.0 Å². The topological polar surface area (TPSA) is 80.2 Å². The second kappa shape index (κ2) is 8.09. The van der Waals surface area contributed by atoms with E-state index >= 15 is 0 Å². The molecule has 1 aliphatic rings. The van der Waals surface area contributed by atoms with E-state index in [1.807, 2.05) is 24.8 Å². The lowest BCUT2D eigenvalue weighted by molar-refractivity contribution is -0.139. The number of hydrogen-bond acceptors (Lipinski definition) is 7. The first-order valence-corrected chi connectivity index (χ1v) is 9.64. The van der Waals surface area contributed by atoms with E-state index < -0.39 is 0 Å². The lowest BCUT2D eigenvalue weighted by Crippen LogP contribution is -2.41. The smallest absolute Gasteiger partial charge is 0.249 e. The second-order valence-corrected chi connectivity index (χ2v) is 7.77. The highest BCUT2D eigenvalue weighted by Crippen LogP contribution is 2.31. The average molecular weight is 375 g/mol. The summed E-state index contributed by atoms with van der Waals surface area (Å²) in [7, 11) is 1.54. The predicted octanol–water partition coefficient (Wildman–Crippen LogP) is 3.30. The minimum Gasteiger partial charge on any atom is -0.375 e. The van der Waals surface area contributed by atoms with Crippen LogP contribution >= 0.6 is 11.3 Å². The van der Waals surface area contributed by atoms with E-state index in [9.17, 15) is 4.79 Å². The Bertz CT molecular complexity index is 772. The van der Waals surface area contributed by atoms with Gasteiger partial charge in [-0.3, -0.25) is 4.79 Å². The van der Waals surface area contributed by atoms with Crippen LogP contribution in [0.3, 0.4) is 0 Å². The van der Waals surface area contributed by atoms with E-state index in [2.05, 4.69) is 22.2 Å². The Morgan fingerprint density at radius 1 is 1.31 bits per heavy atom. The van der Waals surface area contributed by atoms with Gasteiger partial charge in [0.15, 0.2) is 11.0 Å². The third-order valence-corrected chi connectivity index (χ3v) is 5.51. The van der Waals surface area contributed by atoms with Crippen molar-refractivity contribution in [3.63, 3.8) is 0 Å². The number of nitrogens with one attached hydrogen (secondary N) is 1. The van der Waals surface area contributed by atoms with Gasteiger partial charge in [-0.15, -0.1) is 11.3 Å². The fraction of sp³-hybridized carbons (Fsp3) is 0.556. The molecular weight excluding hydrogens is 350 g/mol. The molecule has 2 aromatic heterocycles. The van der Waals surface area contributed by atoms with Gasteiger partial charge in [0.05, 0.1) is 11.7 Å². The molecule has 1 aliphatic heterocycles. The van der Waals surface area contributed by atoms with Crippen molar-refractivity contribution >= 4 is 28.2 Å². The van der Waals surface area contributed by atoms with Crippen LogP contribution in [0.2, 0.25) is 0 Å². The number of carbonyl (C=O) groups excluding carboxylic acids is 1. The van der Waals surface area contributed by atoms with E-state index in [0.717, 1.165) is 42.3 Å². The number of aryl methyl sites for hydroxylation is 3. The SMILES string of the molecule is COCC(=O)N1CCCC[C@H]1c1nc(C)cc(Nc2nc(C)c(C)s2)n1. The number of methoxy groups -OCH3 is 1. The Kier molecular flexibility index (Phi) is 5.83. The first kappa shape index (κ1) is 18.7. The van der Waals surface area contributed by atoms with Gasteiger partial charge >= 0.3 is 0 Å². The van der Waals surface area contributed by atoms with E-state index in [-0.39, 0.29) is 18.6 Å². The number of amides is 1. The van der Waals surface area contributed by atoms with E-state index in [1.165, 1.54) is 4.88 Å². The van der Waals surface area contributed by atoms with Gasteiger partial charge in [-0.25, -0.2) is 15.0 Å². The Balaban J connectivity index is 1.86. The zero-order valence-electron chi connectivity index (χ0n) is 15.7. The number of nitrogens with zero attached hydrogens (tertiary/aromatic N) is 4. The molecule has 3 heterocycles. The average Bonchev–Trinajstić information content (AvgIpc) is 2.92. The number of rotatable bonds is 5. The van der Waals surface area contributed by atoms with E-state index in [0.29, 0.717) is 11.6 Å². The van der Waals surface area contributed by atoms with Crippen molar-refractivity contribution in [2.24, 2.45) is 0 Å². The Hall–Kier alpha value is -2.06. The fourth-order valence-corrected chi connectivity index (χ4v) is 3.97. The summed E-state index contributed by atoms with van der Waals surface area (Å²) in [5, 5.41) is 4.10. The summed E-state index contributed by atoms with van der Waals surface area (Å²) in [6.07, 6.45) is 2.93. The standard InChI is InChI=1S/C18H25N5O2S/c1-11-9-15(22-18-20-12(2)13(3)26-18)21-17(19-11)14-7-5-6-8-23(14)16(24)10-25-4/h9,14H,5-8,10H2,1-4H3,(H,19,20,21,22)/t14-/m0/s1. The first-order chi connectivity index (χ1) is 12.5. The number of carbonyl (C=O) groups is 1. The summed E-state index contributed by atoms with van der Waals surface area (Å²) in [4.78, 5) is 29.3. The number of hydrogen-bond donors (Lipinski definition) is 1. The molecule has 3 rings (SSSR count). The van der Waals surface area contributed by atoms with Crippen LogP contribution in [0.15, 0.2) is 6.07 Å². The zero-order valence-corrected chi connectivity index (χ0v) is 16.5. The van der Waals surface area contributed by atoms with E-state index in [1.54, 1.807) is 18.4 Å². The van der Waals surface area contributed by atoms with Crippen LogP contribution < -0.4 is 5.32 Å². The van der Waals surface area contributed by atoms with Crippen LogP contribution in [0.5, 0.6) is 0 Å². The van der Waals surface area contributed by atoms with Crippen LogP contribution in [0.4, 0.5) is 10.9 Å². The summed E-state index contributed by atoms with van der Waals surface area (Å²) in [6, 6.07) is 1.80. The quantitative estimate of drug-likeness (QED) is 0.864. The van der Waals surface area contributed by atoms with Gasteiger partial charge < -0.3 is 15.0 Å². The van der Waals surface area contributed by atoms with Gasteiger partial charge in [0.25, 0.3) is 0 Å². The molecule has 2 aromatic rings. The van der Waals surface area contributed by atoms with Crippen LogP contribution in [0, 0.1) is 20.8 Å². The minimum absolute atomic E-state index is 0.0111. The highest BCUT2D eigenvalue weighted by molar-refractivity contribution is 7.15. The number of thiazole rings is 1. The second-order valence-electron chi connectivity index (χ2n) is 6.57. The molecule has 26 heavy (non-hydrogen) atoms. The molecule has 0 bridgehead atoms. The number of piperidine rings is 1. The molecule has 0 unspecified atom stereocenters. The molecule has 1 amide bonds. The molecule has 0 aliphatic carbocycles. The summed E-state index contributed by atoms with van der Waals surface area (Å²) >= 11 is 1.60. The Morgan fingerprint density at radius 3 is 2.81 bits per heavy atom. The van der Waals surface area contributed by atoms with Gasteiger partial charge in [0.1, 0.15) is 12.4 Å². The lowest BCUT2D eigenvalue weighted by atomic mass is 10.0. The third-order valence-electron chi connectivity index (χ3n) is 4.52. The third kappa shape index (κ3) is 4.19. The highest BCUT2D eigenvalue weighted by atomic mass is 32.1. The normalized spacial score (nSPS) is 17.4. The number of aromatic nitrogens is 3. The summed E-state index contributed by atoms with van der Waals surface area (Å²) in [5.41, 5.74) is 1.89. The van der Waals surface area contributed by atoms with Crippen LogP contribution in [-0.2, 0) is 9.53 Å². The fourth-order valence-electron chi connectivity index (χ4n) is 3.15. The number of ether oxygens (including phenoxy) is 1. The van der Waals surface area contributed by atoms with Gasteiger partial charge in [0.2, 0.25) is 5.91 Å². The Morgan fingerprint density at radius 2 is 2.12 bits per heavy atom. The minimum atomic E-state index is -0.105. The summed E-state index contributed by atoms with van der Waals surface area (Å²) < 4.78 is 5.03. The van der Waals surface area contributed by atoms with Crippen LogP contribution in [0.25, 0.3) is 0 Å². The molecule has 1 N–H and O–H groups in total. The monoisotopic (exact) mass is 375 g/mol. The summed E-state index contributed by atoms with van der Waals surface area (Å²) in [6.45, 7) is 6.80. The molecule has 0 radical (unpaired) electrons. The van der Waals surface area contributed by atoms with Crippen molar-refractivity contribution in [1.82, 2.24) is 19.9 Å². The Labute approximate surface area is 157 Å². The number of likely N-dealkylation sites (tertiary alicyclic amines) is 1. The van der Waals surface area contributed by atoms with E-state index in [4.69, 9.17) is 9.72 Å². The van der Waals surface area contributed by atoms with Gasteiger partial charge in [-0.05, 0) is 40.0 Å². The van der Waals surface area contributed by atoms with Crippen LogP contribution in [0.1, 0.15) is 47.4 Å². The predicted molar refractivity (Wildman–Crippen MR) is 102 cm³/mol. The molecule has 8 heteroatoms. The van der Waals surface area contributed by atoms with Crippen molar-refractivity contribution in [2.75, 3.05) is 25.6 Å². The van der Waals surface area contributed by atoms with Crippen molar-refractivity contribution < 1.29 is 9.53 Å². The largest absolute Gasteiger partial charge is 0.375 e. The molecule has 1 atom stereocenters. The van der Waals surface area contributed by atoms with Gasteiger partial charge in [0, 0.05) is 30.3 Å². The maximum atomic E-state index is 12.4. The van der Waals surface area contributed by atoms with Crippen molar-refractivity contribution in [3.8, 4) is 0 Å². The summed E-state index contributed by atoms with van der Waals surface area (Å²) in [5.74, 6) is 1.38. The molecule has 0 saturated carbocycles. The first-order valence-electron chi connectivity index (χ1n) is 8.83. The molecular formula is C18H25N5O2S. The molecule has 1 saturated heterocycles. The van der Waals surface area contributed by atoms with Crippen molar-refractivity contribution in [3.05, 3.63) is 28.2 Å². The number of anilines is 2. The molecule has 140 valence electrons. The molecule has 1 fully saturated rings. The molecule has 7 nitrogen and oxygen atoms in total. The van der Waals surface area contributed by atoms with Gasteiger partial charge in [-0.1, -0.05) is 0 Å². The maximum absolute atomic E-state index is 12.4. The zero-order chi connectivity index (χ0) is 18.7. The van der Waals surface area contributed by atoms with Crippen molar-refractivity contribution in [1.29, 1.82) is 0 Å². The maximum Gasteiger partial charge on any atom is 0.249 e. The molecule has 0 spiro atoms.